The van der Waals surface area contributed by atoms with E-state index in [-0.39, 0.29) is 11.8 Å². The third-order valence-electron chi connectivity index (χ3n) is 5.42. The normalized spacial score (nSPS) is 17.8. The van der Waals surface area contributed by atoms with Crippen molar-refractivity contribution in [3.63, 3.8) is 0 Å². The first-order valence-corrected chi connectivity index (χ1v) is 10.4. The minimum Gasteiger partial charge on any atom is -0.494 e. The van der Waals surface area contributed by atoms with Gasteiger partial charge in [-0.2, -0.15) is 0 Å². The van der Waals surface area contributed by atoms with Crippen molar-refractivity contribution in [2.75, 3.05) is 44.7 Å². The molecule has 2 amide bonds. The molecule has 2 aliphatic rings. The van der Waals surface area contributed by atoms with Crippen LogP contribution < -0.4 is 9.64 Å². The highest BCUT2D eigenvalue weighted by Gasteiger charge is 2.42. The van der Waals surface area contributed by atoms with Gasteiger partial charge >= 0.3 is 0 Å². The molecular formula is C23H24ClN3O3. The van der Waals surface area contributed by atoms with Gasteiger partial charge in [0.1, 0.15) is 11.4 Å². The Kier molecular flexibility index (Phi) is 5.79. The first-order chi connectivity index (χ1) is 14.5. The van der Waals surface area contributed by atoms with Gasteiger partial charge in [-0.05, 0) is 55.9 Å². The molecule has 2 aromatic carbocycles. The van der Waals surface area contributed by atoms with E-state index >= 15 is 0 Å². The van der Waals surface area contributed by atoms with Crippen molar-refractivity contribution in [2.24, 2.45) is 0 Å². The SMILES string of the molecule is CCOc1ccc(C2=C(N3CCN(C)CC3)C(=O)N(c3ccc(Cl)cc3)C2=O)cc1. The van der Waals surface area contributed by atoms with Gasteiger partial charge in [0.2, 0.25) is 0 Å². The molecule has 156 valence electrons. The molecule has 0 N–H and O–H groups in total. The van der Waals surface area contributed by atoms with E-state index in [1.54, 1.807) is 24.3 Å². The lowest BCUT2D eigenvalue weighted by atomic mass is 10.0. The maximum Gasteiger partial charge on any atom is 0.282 e. The quantitative estimate of drug-likeness (QED) is 0.688. The van der Waals surface area contributed by atoms with Crippen LogP contribution in [0.15, 0.2) is 54.2 Å². The summed E-state index contributed by atoms with van der Waals surface area (Å²) in [4.78, 5) is 32.4. The van der Waals surface area contributed by atoms with E-state index < -0.39 is 0 Å². The van der Waals surface area contributed by atoms with Gasteiger partial charge in [-0.15, -0.1) is 0 Å². The number of ether oxygens (including phenoxy) is 1. The summed E-state index contributed by atoms with van der Waals surface area (Å²) in [5, 5.41) is 0.553. The molecule has 0 saturated carbocycles. The van der Waals surface area contributed by atoms with Crippen LogP contribution in [0.2, 0.25) is 5.02 Å². The number of anilines is 1. The van der Waals surface area contributed by atoms with Gasteiger partial charge in [0.15, 0.2) is 0 Å². The summed E-state index contributed by atoms with van der Waals surface area (Å²) in [5.74, 6) is 0.116. The van der Waals surface area contributed by atoms with Crippen LogP contribution in [0, 0.1) is 0 Å². The summed E-state index contributed by atoms with van der Waals surface area (Å²) in [6.07, 6.45) is 0. The van der Waals surface area contributed by atoms with Crippen LogP contribution in [0.5, 0.6) is 5.75 Å². The topological polar surface area (TPSA) is 53.1 Å². The van der Waals surface area contributed by atoms with Crippen molar-refractivity contribution < 1.29 is 14.3 Å². The lowest BCUT2D eigenvalue weighted by molar-refractivity contribution is -0.120. The van der Waals surface area contributed by atoms with Crippen molar-refractivity contribution >= 4 is 34.7 Å². The lowest BCUT2D eigenvalue weighted by Gasteiger charge is -2.34. The highest BCUT2D eigenvalue weighted by molar-refractivity contribution is 6.45. The third kappa shape index (κ3) is 3.80. The molecule has 2 aromatic rings. The number of hydrogen-bond acceptors (Lipinski definition) is 5. The van der Waals surface area contributed by atoms with E-state index in [1.165, 1.54) is 4.90 Å². The standard InChI is InChI=1S/C23H24ClN3O3/c1-3-30-19-10-4-16(5-11-19)20-21(26-14-12-25(2)13-15-26)23(29)27(22(20)28)18-8-6-17(24)7-9-18/h4-11H,3,12-15H2,1-2H3. The molecule has 4 rings (SSSR count). The molecule has 0 unspecified atom stereocenters. The van der Waals surface area contributed by atoms with Gasteiger partial charge in [0, 0.05) is 31.2 Å². The van der Waals surface area contributed by atoms with Gasteiger partial charge in [-0.25, -0.2) is 4.90 Å². The molecular weight excluding hydrogens is 402 g/mol. The Balaban J connectivity index is 1.76. The molecule has 2 aliphatic heterocycles. The summed E-state index contributed by atoms with van der Waals surface area (Å²) in [7, 11) is 2.06. The van der Waals surface area contributed by atoms with Crippen molar-refractivity contribution in [1.82, 2.24) is 9.80 Å². The number of amides is 2. The number of imide groups is 1. The summed E-state index contributed by atoms with van der Waals surface area (Å²) in [6, 6.07) is 14.1. The molecule has 1 saturated heterocycles. The molecule has 0 spiro atoms. The van der Waals surface area contributed by atoms with E-state index in [0.717, 1.165) is 18.8 Å². The van der Waals surface area contributed by atoms with Crippen LogP contribution in [0.1, 0.15) is 12.5 Å². The molecule has 0 aromatic heterocycles. The number of carbonyl (C=O) groups is 2. The number of rotatable bonds is 5. The van der Waals surface area contributed by atoms with Gasteiger partial charge in [-0.1, -0.05) is 23.7 Å². The second kappa shape index (κ2) is 8.50. The van der Waals surface area contributed by atoms with Crippen LogP contribution in [0.3, 0.4) is 0 Å². The van der Waals surface area contributed by atoms with Crippen LogP contribution in [-0.4, -0.2) is 61.4 Å². The fourth-order valence-electron chi connectivity index (χ4n) is 3.81. The number of benzene rings is 2. The molecule has 0 radical (unpaired) electrons. The van der Waals surface area contributed by atoms with Crippen molar-refractivity contribution in [1.29, 1.82) is 0 Å². The monoisotopic (exact) mass is 425 g/mol. The van der Waals surface area contributed by atoms with Gasteiger partial charge in [0.25, 0.3) is 11.8 Å². The Morgan fingerprint density at radius 1 is 0.900 bits per heavy atom. The Morgan fingerprint density at radius 3 is 2.13 bits per heavy atom. The first-order valence-electron chi connectivity index (χ1n) is 10.0. The fourth-order valence-corrected chi connectivity index (χ4v) is 3.94. The van der Waals surface area contributed by atoms with Crippen molar-refractivity contribution in [3.05, 3.63) is 64.8 Å². The zero-order chi connectivity index (χ0) is 21.3. The molecule has 30 heavy (non-hydrogen) atoms. The highest BCUT2D eigenvalue weighted by atomic mass is 35.5. The minimum absolute atomic E-state index is 0.296. The first kappa shape index (κ1) is 20.4. The Labute approximate surface area is 181 Å². The molecule has 0 atom stereocenters. The molecule has 7 heteroatoms. The zero-order valence-electron chi connectivity index (χ0n) is 17.1. The van der Waals surface area contributed by atoms with Crippen LogP contribution in [0.25, 0.3) is 5.57 Å². The molecule has 6 nitrogen and oxygen atoms in total. The highest BCUT2D eigenvalue weighted by Crippen LogP contribution is 2.36. The average molecular weight is 426 g/mol. The summed E-state index contributed by atoms with van der Waals surface area (Å²) in [6.45, 7) is 5.55. The van der Waals surface area contributed by atoms with Gasteiger partial charge in [-0.3, -0.25) is 9.59 Å². The summed E-state index contributed by atoms with van der Waals surface area (Å²) in [5.41, 5.74) is 2.12. The smallest absolute Gasteiger partial charge is 0.282 e. The zero-order valence-corrected chi connectivity index (χ0v) is 17.9. The average Bonchev–Trinajstić information content (AvgIpc) is 3.00. The second-order valence-corrected chi connectivity index (χ2v) is 7.83. The lowest BCUT2D eigenvalue weighted by Crippen LogP contribution is -2.46. The van der Waals surface area contributed by atoms with E-state index in [9.17, 15) is 9.59 Å². The predicted octanol–water partition coefficient (Wildman–Crippen LogP) is 3.27. The van der Waals surface area contributed by atoms with E-state index in [0.29, 0.717) is 47.2 Å². The molecule has 0 bridgehead atoms. The third-order valence-corrected chi connectivity index (χ3v) is 5.67. The Hall–Kier alpha value is -2.83. The van der Waals surface area contributed by atoms with E-state index in [1.807, 2.05) is 36.1 Å². The number of carbonyl (C=O) groups excluding carboxylic acids is 2. The van der Waals surface area contributed by atoms with Gasteiger partial charge < -0.3 is 14.5 Å². The van der Waals surface area contributed by atoms with Crippen LogP contribution in [0.4, 0.5) is 5.69 Å². The number of halogens is 1. The van der Waals surface area contributed by atoms with E-state index in [4.69, 9.17) is 16.3 Å². The molecule has 1 fully saturated rings. The Morgan fingerprint density at radius 2 is 1.53 bits per heavy atom. The van der Waals surface area contributed by atoms with Crippen LogP contribution in [-0.2, 0) is 9.59 Å². The van der Waals surface area contributed by atoms with Crippen molar-refractivity contribution in [2.45, 2.75) is 6.92 Å². The molecule has 2 heterocycles. The minimum atomic E-state index is -0.319. The Bertz CT molecular complexity index is 978. The number of hydrogen-bond donors (Lipinski definition) is 0. The van der Waals surface area contributed by atoms with Crippen LogP contribution >= 0.6 is 11.6 Å². The largest absolute Gasteiger partial charge is 0.494 e. The second-order valence-electron chi connectivity index (χ2n) is 7.39. The maximum atomic E-state index is 13.5. The fraction of sp³-hybridized carbons (Fsp3) is 0.304. The summed E-state index contributed by atoms with van der Waals surface area (Å²) >= 11 is 6.00. The molecule has 0 aliphatic carbocycles. The van der Waals surface area contributed by atoms with E-state index in [2.05, 4.69) is 11.9 Å². The predicted molar refractivity (Wildman–Crippen MR) is 118 cm³/mol. The number of likely N-dealkylation sites (N-methyl/N-ethyl adjacent to an activating group) is 1. The van der Waals surface area contributed by atoms with Crippen molar-refractivity contribution in [3.8, 4) is 5.75 Å². The maximum absolute atomic E-state index is 13.5. The number of nitrogens with zero attached hydrogens (tertiary/aromatic N) is 3. The number of piperazine rings is 1. The summed E-state index contributed by atoms with van der Waals surface area (Å²) < 4.78 is 5.52. The van der Waals surface area contributed by atoms with Gasteiger partial charge in [0.05, 0.1) is 17.9 Å².